The number of anilines is 2. The molecule has 2 aromatic rings. The number of nitrogens with one attached hydrogen (secondary N) is 2. The van der Waals surface area contributed by atoms with E-state index in [0.29, 0.717) is 0 Å². The van der Waals surface area contributed by atoms with Gasteiger partial charge in [-0.1, -0.05) is 12.1 Å². The second-order valence-corrected chi connectivity index (χ2v) is 5.24. The Labute approximate surface area is 152 Å². The quantitative estimate of drug-likeness (QED) is 0.364. The van der Waals surface area contributed by atoms with Gasteiger partial charge in [0.05, 0.1) is 22.8 Å². The van der Waals surface area contributed by atoms with E-state index in [1.54, 1.807) is 0 Å². The molecule has 0 aliphatic heterocycles. The molecule has 2 aromatic carbocycles. The second-order valence-electron chi connectivity index (χ2n) is 5.24. The van der Waals surface area contributed by atoms with Crippen molar-refractivity contribution in [2.75, 3.05) is 30.4 Å². The van der Waals surface area contributed by atoms with Gasteiger partial charge in [-0.2, -0.15) is 0 Å². The van der Waals surface area contributed by atoms with Crippen LogP contribution in [0.4, 0.5) is 21.5 Å². The lowest BCUT2D eigenvalue weighted by Gasteiger charge is -2.11. The summed E-state index contributed by atoms with van der Waals surface area (Å²) in [4.78, 5) is 34.3. The molecule has 0 atom stereocenters. The van der Waals surface area contributed by atoms with Gasteiger partial charge in [0, 0.05) is 24.4 Å². The topological polar surface area (TPSA) is 131 Å². The number of hydrogen-bond donors (Lipinski definition) is 3. The minimum Gasteiger partial charge on any atom is -0.452 e. The van der Waals surface area contributed by atoms with Gasteiger partial charge in [-0.3, -0.25) is 14.9 Å². The predicted octanol–water partition coefficient (Wildman–Crippen LogP) is 1.93. The average molecular weight is 377 g/mol. The standard InChI is InChI=1S/C17H16FN3O6/c18-13-3-1-2-4-15(13)20-16(23)10-27-17(24)12-9-11(21(25)26)5-6-14(12)19-7-8-22/h1-6,9,19,22H,7-8,10H2,(H,20,23). The predicted molar refractivity (Wildman–Crippen MR) is 94.0 cm³/mol. The van der Waals surface area contributed by atoms with Crippen LogP contribution in [-0.2, 0) is 9.53 Å². The van der Waals surface area contributed by atoms with Crippen LogP contribution in [0.3, 0.4) is 0 Å². The Morgan fingerprint density at radius 2 is 1.93 bits per heavy atom. The number of esters is 1. The van der Waals surface area contributed by atoms with Crippen molar-refractivity contribution in [2.45, 2.75) is 0 Å². The number of benzene rings is 2. The lowest BCUT2D eigenvalue weighted by Crippen LogP contribution is -2.22. The zero-order valence-electron chi connectivity index (χ0n) is 14.0. The van der Waals surface area contributed by atoms with E-state index in [0.717, 1.165) is 12.1 Å². The molecule has 0 aromatic heterocycles. The first kappa shape index (κ1) is 19.8. The Bertz CT molecular complexity index is 858. The highest BCUT2D eigenvalue weighted by atomic mass is 19.1. The summed E-state index contributed by atoms with van der Waals surface area (Å²) in [6.07, 6.45) is 0. The third-order valence-corrected chi connectivity index (χ3v) is 3.34. The van der Waals surface area contributed by atoms with Gasteiger partial charge >= 0.3 is 5.97 Å². The Kier molecular flexibility index (Phi) is 6.78. The summed E-state index contributed by atoms with van der Waals surface area (Å²) in [5.74, 6) is -2.40. The number of rotatable bonds is 8. The number of halogens is 1. The number of ether oxygens (including phenoxy) is 1. The van der Waals surface area contributed by atoms with Crippen molar-refractivity contribution in [3.05, 3.63) is 64.0 Å². The van der Waals surface area contributed by atoms with Crippen LogP contribution < -0.4 is 10.6 Å². The summed E-state index contributed by atoms with van der Waals surface area (Å²) in [5.41, 5.74) is -0.378. The van der Waals surface area contributed by atoms with E-state index in [2.05, 4.69) is 10.6 Å². The summed E-state index contributed by atoms with van der Waals surface area (Å²) in [5, 5.41) is 24.7. The largest absolute Gasteiger partial charge is 0.452 e. The maximum atomic E-state index is 13.5. The van der Waals surface area contributed by atoms with E-state index < -0.39 is 29.2 Å². The molecular weight excluding hydrogens is 361 g/mol. The summed E-state index contributed by atoms with van der Waals surface area (Å²) in [6, 6.07) is 8.94. The molecule has 10 heteroatoms. The molecule has 0 saturated carbocycles. The maximum absolute atomic E-state index is 13.5. The lowest BCUT2D eigenvalue weighted by molar-refractivity contribution is -0.384. The number of nitro groups is 1. The molecule has 0 spiro atoms. The molecule has 0 aliphatic carbocycles. The number of nitrogens with zero attached hydrogens (tertiary/aromatic N) is 1. The van der Waals surface area contributed by atoms with Crippen LogP contribution >= 0.6 is 0 Å². The first-order valence-electron chi connectivity index (χ1n) is 7.77. The summed E-state index contributed by atoms with van der Waals surface area (Å²) in [6.45, 7) is -0.836. The highest BCUT2D eigenvalue weighted by molar-refractivity contribution is 5.99. The lowest BCUT2D eigenvalue weighted by atomic mass is 10.1. The molecule has 27 heavy (non-hydrogen) atoms. The number of amides is 1. The normalized spacial score (nSPS) is 10.1. The molecule has 0 heterocycles. The second kappa shape index (κ2) is 9.25. The maximum Gasteiger partial charge on any atom is 0.341 e. The molecule has 0 aliphatic rings. The molecule has 2 rings (SSSR count). The van der Waals surface area contributed by atoms with Gasteiger partial charge in [-0.25, -0.2) is 9.18 Å². The van der Waals surface area contributed by atoms with Crippen molar-refractivity contribution in [3.8, 4) is 0 Å². The molecular formula is C17H16FN3O6. The van der Waals surface area contributed by atoms with Crippen LogP contribution in [0.25, 0.3) is 0 Å². The smallest absolute Gasteiger partial charge is 0.341 e. The number of aliphatic hydroxyl groups excluding tert-OH is 1. The number of aliphatic hydroxyl groups is 1. The van der Waals surface area contributed by atoms with Crippen LogP contribution in [0.15, 0.2) is 42.5 Å². The zero-order chi connectivity index (χ0) is 19.8. The minimum absolute atomic E-state index is 0.0702. The fourth-order valence-electron chi connectivity index (χ4n) is 2.12. The van der Waals surface area contributed by atoms with E-state index in [-0.39, 0.29) is 35.8 Å². The van der Waals surface area contributed by atoms with Crippen LogP contribution in [0.1, 0.15) is 10.4 Å². The van der Waals surface area contributed by atoms with Gasteiger partial charge < -0.3 is 20.5 Å². The van der Waals surface area contributed by atoms with Crippen molar-refractivity contribution < 1.29 is 28.7 Å². The SMILES string of the molecule is O=C(COC(=O)c1cc([N+](=O)[O-])ccc1NCCO)Nc1ccccc1F. The van der Waals surface area contributed by atoms with Crippen molar-refractivity contribution in [1.82, 2.24) is 0 Å². The average Bonchev–Trinajstić information content (AvgIpc) is 2.66. The van der Waals surface area contributed by atoms with Crippen molar-refractivity contribution >= 4 is 28.9 Å². The van der Waals surface area contributed by atoms with Gasteiger partial charge in [0.2, 0.25) is 0 Å². The molecule has 0 unspecified atom stereocenters. The van der Waals surface area contributed by atoms with Crippen LogP contribution in [0.2, 0.25) is 0 Å². The Hall–Kier alpha value is -3.53. The Morgan fingerprint density at radius 1 is 1.19 bits per heavy atom. The zero-order valence-corrected chi connectivity index (χ0v) is 14.0. The molecule has 3 N–H and O–H groups in total. The molecule has 0 bridgehead atoms. The van der Waals surface area contributed by atoms with E-state index in [1.165, 1.54) is 30.3 Å². The Balaban J connectivity index is 2.07. The molecule has 9 nitrogen and oxygen atoms in total. The van der Waals surface area contributed by atoms with Gasteiger partial charge in [0.25, 0.3) is 11.6 Å². The van der Waals surface area contributed by atoms with Crippen LogP contribution in [-0.4, -0.2) is 41.7 Å². The number of carbonyl (C=O) groups is 2. The molecule has 0 saturated heterocycles. The van der Waals surface area contributed by atoms with E-state index in [9.17, 15) is 24.1 Å². The number of nitro benzene ring substituents is 1. The molecule has 142 valence electrons. The first-order valence-corrected chi connectivity index (χ1v) is 7.77. The van der Waals surface area contributed by atoms with Crippen molar-refractivity contribution in [3.63, 3.8) is 0 Å². The molecule has 0 radical (unpaired) electrons. The fourth-order valence-corrected chi connectivity index (χ4v) is 2.12. The summed E-state index contributed by atoms with van der Waals surface area (Å²) in [7, 11) is 0. The Morgan fingerprint density at radius 3 is 2.59 bits per heavy atom. The van der Waals surface area contributed by atoms with Gasteiger partial charge in [0.1, 0.15) is 5.82 Å². The van der Waals surface area contributed by atoms with Crippen LogP contribution in [0, 0.1) is 15.9 Å². The number of non-ortho nitro benzene ring substituents is 1. The number of hydrogen-bond acceptors (Lipinski definition) is 7. The summed E-state index contributed by atoms with van der Waals surface area (Å²) >= 11 is 0. The monoisotopic (exact) mass is 377 g/mol. The number of para-hydroxylation sites is 1. The highest BCUT2D eigenvalue weighted by Gasteiger charge is 2.19. The van der Waals surface area contributed by atoms with E-state index in [4.69, 9.17) is 9.84 Å². The molecule has 0 fully saturated rings. The van der Waals surface area contributed by atoms with Crippen molar-refractivity contribution in [2.24, 2.45) is 0 Å². The third-order valence-electron chi connectivity index (χ3n) is 3.34. The highest BCUT2D eigenvalue weighted by Crippen LogP contribution is 2.23. The number of carbonyl (C=O) groups excluding carboxylic acids is 2. The minimum atomic E-state index is -0.983. The first-order chi connectivity index (χ1) is 12.9. The van der Waals surface area contributed by atoms with Gasteiger partial charge in [0.15, 0.2) is 6.61 Å². The van der Waals surface area contributed by atoms with Gasteiger partial charge in [-0.05, 0) is 18.2 Å². The third kappa shape index (κ3) is 5.47. The fraction of sp³-hybridized carbons (Fsp3) is 0.176. The van der Waals surface area contributed by atoms with Crippen molar-refractivity contribution in [1.29, 1.82) is 0 Å². The molecule has 1 amide bonds. The van der Waals surface area contributed by atoms with Crippen LogP contribution in [0.5, 0.6) is 0 Å². The van der Waals surface area contributed by atoms with E-state index in [1.807, 2.05) is 0 Å². The van der Waals surface area contributed by atoms with E-state index >= 15 is 0 Å². The van der Waals surface area contributed by atoms with Gasteiger partial charge in [-0.15, -0.1) is 0 Å². The summed E-state index contributed by atoms with van der Waals surface area (Å²) < 4.78 is 18.3.